The van der Waals surface area contributed by atoms with E-state index in [9.17, 15) is 14.9 Å². The molecular weight excluding hydrogens is 580 g/mol. The lowest BCUT2D eigenvalue weighted by molar-refractivity contribution is 0.242. The fraction of sp³-hybridized carbons (Fsp3) is 0.265. The number of rotatable bonds is 13. The second kappa shape index (κ2) is 15.3. The molecule has 234 valence electrons. The first-order valence-electron chi connectivity index (χ1n) is 15.2. The number of benzene rings is 1. The number of aromatic amines is 1. The maximum Gasteiger partial charge on any atom is 0.323 e. The quantitative estimate of drug-likeness (QED) is 0.151. The van der Waals surface area contributed by atoms with Gasteiger partial charge in [0, 0.05) is 67.5 Å². The number of anilines is 2. The highest BCUT2D eigenvalue weighted by Crippen LogP contribution is 2.25. The zero-order valence-corrected chi connectivity index (χ0v) is 25.8. The lowest BCUT2D eigenvalue weighted by Gasteiger charge is -2.31. The molecule has 0 aliphatic carbocycles. The number of amides is 2. The van der Waals surface area contributed by atoms with Crippen molar-refractivity contribution in [2.24, 2.45) is 7.05 Å². The van der Waals surface area contributed by atoms with Crippen molar-refractivity contribution in [3.63, 3.8) is 0 Å². The second-order valence-electron chi connectivity index (χ2n) is 10.8. The lowest BCUT2D eigenvalue weighted by Crippen LogP contribution is -2.47. The monoisotopic (exact) mass is 616 g/mol. The number of carbonyl (C=O) groups excluding carboxylic acids is 1. The summed E-state index contributed by atoms with van der Waals surface area (Å²) in [5.41, 5.74) is 3.99. The molecule has 0 bridgehead atoms. The number of carbonyl (C=O) groups is 1. The maximum absolute atomic E-state index is 13.8. The Bertz CT molecular complexity index is 1820. The molecule has 2 amide bonds. The van der Waals surface area contributed by atoms with E-state index < -0.39 is 0 Å². The molecule has 4 aromatic heterocycles. The lowest BCUT2D eigenvalue weighted by atomic mass is 10.0. The molecule has 0 aliphatic rings. The average Bonchev–Trinajstić information content (AvgIpc) is 3.53. The van der Waals surface area contributed by atoms with Crippen molar-refractivity contribution in [2.75, 3.05) is 16.8 Å². The van der Waals surface area contributed by atoms with E-state index in [0.29, 0.717) is 48.1 Å². The Kier molecular flexibility index (Phi) is 10.5. The van der Waals surface area contributed by atoms with Gasteiger partial charge in [-0.2, -0.15) is 10.4 Å². The van der Waals surface area contributed by atoms with E-state index in [-0.39, 0.29) is 17.6 Å². The summed E-state index contributed by atoms with van der Waals surface area (Å²) in [6, 6.07) is 18.5. The minimum absolute atomic E-state index is 0.113. The molecule has 0 saturated carbocycles. The number of hydrogen-bond donors (Lipinski definition) is 3. The highest BCUT2D eigenvalue weighted by Gasteiger charge is 2.26. The van der Waals surface area contributed by atoms with E-state index in [0.717, 1.165) is 36.0 Å². The van der Waals surface area contributed by atoms with Crippen LogP contribution in [0.3, 0.4) is 0 Å². The Hall–Kier alpha value is -5.83. The molecule has 0 radical (unpaired) electrons. The molecule has 0 fully saturated rings. The normalized spacial score (nSPS) is 11.4. The zero-order chi connectivity index (χ0) is 32.3. The van der Waals surface area contributed by atoms with Gasteiger partial charge in [-0.25, -0.2) is 19.7 Å². The van der Waals surface area contributed by atoms with Gasteiger partial charge in [0.1, 0.15) is 11.9 Å². The summed E-state index contributed by atoms with van der Waals surface area (Å²) in [6.45, 7) is 3.05. The largest absolute Gasteiger partial charge is 0.354 e. The molecule has 46 heavy (non-hydrogen) atoms. The first-order valence-corrected chi connectivity index (χ1v) is 15.2. The van der Waals surface area contributed by atoms with Crippen molar-refractivity contribution < 1.29 is 4.79 Å². The molecule has 4 heterocycles. The first kappa shape index (κ1) is 31.6. The summed E-state index contributed by atoms with van der Waals surface area (Å²) in [5, 5.41) is 20.1. The summed E-state index contributed by atoms with van der Waals surface area (Å²) in [5.74, 6) is 0.947. The molecule has 3 N–H and O–H groups in total. The summed E-state index contributed by atoms with van der Waals surface area (Å²) in [6.07, 6.45) is 11.6. The summed E-state index contributed by atoms with van der Waals surface area (Å²) < 4.78 is 1.74. The van der Waals surface area contributed by atoms with Crippen LogP contribution in [0.15, 0.2) is 90.4 Å². The van der Waals surface area contributed by atoms with Crippen LogP contribution in [0, 0.1) is 11.3 Å². The highest BCUT2D eigenvalue weighted by atomic mass is 16.2. The zero-order valence-electron chi connectivity index (χ0n) is 25.8. The molecule has 5 aromatic rings. The van der Waals surface area contributed by atoms with Gasteiger partial charge in [0.2, 0.25) is 11.5 Å². The van der Waals surface area contributed by atoms with Crippen molar-refractivity contribution >= 4 is 17.8 Å². The molecule has 0 aliphatic heterocycles. The van der Waals surface area contributed by atoms with Gasteiger partial charge < -0.3 is 15.6 Å². The number of H-pyrrole nitrogens is 1. The number of hydrogen-bond acceptors (Lipinski definition) is 8. The van der Waals surface area contributed by atoms with Crippen molar-refractivity contribution in [3.8, 4) is 28.5 Å². The van der Waals surface area contributed by atoms with Crippen LogP contribution in [0.4, 0.5) is 16.6 Å². The van der Waals surface area contributed by atoms with E-state index in [1.54, 1.807) is 28.0 Å². The van der Waals surface area contributed by atoms with Gasteiger partial charge >= 0.3 is 6.03 Å². The Labute approximate surface area is 267 Å². The van der Waals surface area contributed by atoms with Crippen LogP contribution >= 0.6 is 0 Å². The third kappa shape index (κ3) is 8.00. The number of aryl methyl sites for hydroxylation is 1. The predicted octanol–water partition coefficient (Wildman–Crippen LogP) is 5.28. The second-order valence-corrected chi connectivity index (χ2v) is 10.8. The average molecular weight is 617 g/mol. The van der Waals surface area contributed by atoms with Crippen molar-refractivity contribution in [1.82, 2.24) is 35.0 Å². The minimum atomic E-state index is -0.237. The SMILES string of the molecule is CCC[C@@H](CCCNc1ncc(C#N)c(-c2ccc(=O)[nH]c2)n1)N(C(=O)NCc1ccccc1)c1ccc(-c2cnn(C)c2)cn1. The fourth-order valence-electron chi connectivity index (χ4n) is 5.19. The van der Waals surface area contributed by atoms with Crippen LogP contribution in [0.2, 0.25) is 0 Å². The molecule has 0 unspecified atom stereocenters. The van der Waals surface area contributed by atoms with Gasteiger partial charge in [-0.1, -0.05) is 43.7 Å². The van der Waals surface area contributed by atoms with Crippen LogP contribution in [-0.2, 0) is 13.6 Å². The van der Waals surface area contributed by atoms with Crippen LogP contribution in [-0.4, -0.2) is 48.3 Å². The molecule has 5 rings (SSSR count). The highest BCUT2D eigenvalue weighted by molar-refractivity contribution is 5.91. The number of aromatic nitrogens is 6. The molecule has 0 saturated heterocycles. The summed E-state index contributed by atoms with van der Waals surface area (Å²) in [4.78, 5) is 43.2. The molecule has 0 spiro atoms. The molecular formula is C34H36N10O2. The number of nitrogens with zero attached hydrogens (tertiary/aromatic N) is 7. The maximum atomic E-state index is 13.8. The van der Waals surface area contributed by atoms with Gasteiger partial charge in [-0.3, -0.25) is 14.4 Å². The van der Waals surface area contributed by atoms with Crippen LogP contribution in [0.5, 0.6) is 0 Å². The number of urea groups is 1. The molecule has 12 nitrogen and oxygen atoms in total. The van der Waals surface area contributed by atoms with Gasteiger partial charge in [0.25, 0.3) is 0 Å². The van der Waals surface area contributed by atoms with Crippen molar-refractivity contribution in [1.29, 1.82) is 5.26 Å². The van der Waals surface area contributed by atoms with E-state index in [1.807, 2.05) is 55.7 Å². The van der Waals surface area contributed by atoms with Crippen LogP contribution in [0.1, 0.15) is 43.7 Å². The van der Waals surface area contributed by atoms with Crippen molar-refractivity contribution in [3.05, 3.63) is 107 Å². The number of nitrogens with one attached hydrogen (secondary N) is 3. The Balaban J connectivity index is 1.31. The third-order valence-corrected chi connectivity index (χ3v) is 7.49. The Morgan fingerprint density at radius 3 is 2.52 bits per heavy atom. The topological polar surface area (TPSA) is 158 Å². The van der Waals surface area contributed by atoms with E-state index in [1.165, 1.54) is 18.5 Å². The summed E-state index contributed by atoms with van der Waals surface area (Å²) in [7, 11) is 1.87. The van der Waals surface area contributed by atoms with Crippen molar-refractivity contribution in [2.45, 2.75) is 45.2 Å². The summed E-state index contributed by atoms with van der Waals surface area (Å²) >= 11 is 0. The van der Waals surface area contributed by atoms with E-state index in [4.69, 9.17) is 4.98 Å². The predicted molar refractivity (Wildman–Crippen MR) is 177 cm³/mol. The molecule has 1 atom stereocenters. The molecule has 1 aromatic carbocycles. The number of nitriles is 1. The first-order chi connectivity index (χ1) is 22.4. The van der Waals surface area contributed by atoms with Gasteiger partial charge in [0.05, 0.1) is 23.7 Å². The minimum Gasteiger partial charge on any atom is -0.354 e. The van der Waals surface area contributed by atoms with Gasteiger partial charge in [-0.05, 0) is 43.0 Å². The Morgan fingerprint density at radius 1 is 1.02 bits per heavy atom. The van der Waals surface area contributed by atoms with E-state index in [2.05, 4.69) is 43.7 Å². The fourth-order valence-corrected chi connectivity index (χ4v) is 5.19. The Morgan fingerprint density at radius 2 is 1.85 bits per heavy atom. The van der Waals surface area contributed by atoms with E-state index >= 15 is 0 Å². The third-order valence-electron chi connectivity index (χ3n) is 7.49. The van der Waals surface area contributed by atoms with Gasteiger partial charge in [-0.15, -0.1) is 0 Å². The van der Waals surface area contributed by atoms with Crippen LogP contribution < -0.4 is 21.1 Å². The standard InChI is InChI=1S/C34H36N10O2/c1-3-8-29(11-7-16-36-33-39-21-27(17-35)32(42-33)26-13-15-31(45)38-20-26)44(34(46)40-18-24-9-5-4-6-10-24)30-14-12-25(19-37-30)28-22-41-43(2)23-28/h4-6,9-10,12-15,19-23,29H,3,7-8,11,16,18H2,1-2H3,(H,38,45)(H,40,46)(H,36,39,42)/t29-/m0/s1. The van der Waals surface area contributed by atoms with Crippen LogP contribution in [0.25, 0.3) is 22.4 Å². The van der Waals surface area contributed by atoms with Gasteiger partial charge in [0.15, 0.2) is 0 Å². The molecule has 12 heteroatoms. The smallest absolute Gasteiger partial charge is 0.323 e. The number of pyridine rings is 2.